The third kappa shape index (κ3) is 5.81. The van der Waals surface area contributed by atoms with E-state index in [1.807, 2.05) is 0 Å². The number of carbonyl (C=O) groups is 2. The number of cyclic esters (lactones) is 1. The standard InChI is InChI=1S/C30H33F4NO5/c1-16-9-18(11-20(10-16)30(32,33)34)26-17(2)35(28(37)40-26)15-19-14-29(3,4)8-7-21(19)22-12-23(27(36)39-6)24(31)13-25(22)38-5/h9-13,17,26H,7-8,14-15H2,1-6H3/t17-,26-/m0/s1. The van der Waals surface area contributed by atoms with Crippen LogP contribution in [0, 0.1) is 18.2 Å². The van der Waals surface area contributed by atoms with E-state index in [1.54, 1.807) is 19.9 Å². The first-order valence-corrected chi connectivity index (χ1v) is 13.0. The van der Waals surface area contributed by atoms with Gasteiger partial charge in [0.25, 0.3) is 0 Å². The maximum absolute atomic E-state index is 14.7. The molecule has 2 aromatic rings. The number of alkyl halides is 3. The number of hydrogen-bond donors (Lipinski definition) is 0. The summed E-state index contributed by atoms with van der Waals surface area (Å²) in [4.78, 5) is 26.8. The van der Waals surface area contributed by atoms with Crippen LogP contribution in [0.4, 0.5) is 22.4 Å². The molecule has 1 fully saturated rings. The van der Waals surface area contributed by atoms with Gasteiger partial charge in [-0.2, -0.15) is 13.2 Å². The first kappa shape index (κ1) is 29.4. The van der Waals surface area contributed by atoms with Crippen molar-refractivity contribution in [1.82, 2.24) is 4.90 Å². The van der Waals surface area contributed by atoms with Crippen LogP contribution in [0.2, 0.25) is 0 Å². The Morgan fingerprint density at radius 2 is 1.85 bits per heavy atom. The molecule has 0 aromatic heterocycles. The van der Waals surface area contributed by atoms with Gasteiger partial charge in [0.1, 0.15) is 17.7 Å². The predicted molar refractivity (Wildman–Crippen MR) is 140 cm³/mol. The van der Waals surface area contributed by atoms with E-state index in [4.69, 9.17) is 14.2 Å². The maximum atomic E-state index is 14.7. The summed E-state index contributed by atoms with van der Waals surface area (Å²) in [6.07, 6.45) is -4.08. The van der Waals surface area contributed by atoms with Gasteiger partial charge in [-0.3, -0.25) is 4.90 Å². The molecular formula is C30H33F4NO5. The normalized spacial score (nSPS) is 20.9. The number of hydrogen-bond acceptors (Lipinski definition) is 5. The van der Waals surface area contributed by atoms with Gasteiger partial charge in [-0.05, 0) is 73.4 Å². The predicted octanol–water partition coefficient (Wildman–Crippen LogP) is 7.49. The number of ether oxygens (including phenoxy) is 3. The van der Waals surface area contributed by atoms with Crippen LogP contribution < -0.4 is 4.74 Å². The highest BCUT2D eigenvalue weighted by molar-refractivity contribution is 5.92. The van der Waals surface area contributed by atoms with Crippen molar-refractivity contribution < 1.29 is 41.4 Å². The number of halogens is 4. The molecule has 4 rings (SSSR count). The van der Waals surface area contributed by atoms with Crippen molar-refractivity contribution in [2.75, 3.05) is 20.8 Å². The van der Waals surface area contributed by atoms with E-state index in [9.17, 15) is 27.2 Å². The zero-order valence-electron chi connectivity index (χ0n) is 23.4. The van der Waals surface area contributed by atoms with Crippen molar-refractivity contribution in [3.63, 3.8) is 0 Å². The van der Waals surface area contributed by atoms with Crippen LogP contribution in [0.25, 0.3) is 5.57 Å². The van der Waals surface area contributed by atoms with Crippen molar-refractivity contribution in [3.05, 3.63) is 69.5 Å². The minimum Gasteiger partial charge on any atom is -0.496 e. The second kappa shape index (κ2) is 10.8. The summed E-state index contributed by atoms with van der Waals surface area (Å²) in [5, 5.41) is 0. The number of aryl methyl sites for hydroxylation is 1. The SMILES string of the molecule is COC(=O)c1cc(C2=C(CN3C(=O)O[C@H](c4cc(C)cc(C(F)(F)F)c4)[C@@H]3C)CC(C)(C)CC2)c(OC)cc1F. The van der Waals surface area contributed by atoms with E-state index in [0.29, 0.717) is 24.0 Å². The van der Waals surface area contributed by atoms with Gasteiger partial charge in [0, 0.05) is 18.2 Å². The lowest BCUT2D eigenvalue weighted by atomic mass is 9.72. The molecule has 1 aliphatic carbocycles. The largest absolute Gasteiger partial charge is 0.496 e. The van der Waals surface area contributed by atoms with Gasteiger partial charge >= 0.3 is 18.2 Å². The lowest BCUT2D eigenvalue weighted by Gasteiger charge is -2.36. The molecule has 6 nitrogen and oxygen atoms in total. The summed E-state index contributed by atoms with van der Waals surface area (Å²) in [5.74, 6) is -1.36. The number of rotatable bonds is 6. The molecular weight excluding hydrogens is 530 g/mol. The highest BCUT2D eigenvalue weighted by Crippen LogP contribution is 2.46. The first-order valence-electron chi connectivity index (χ1n) is 13.0. The zero-order valence-corrected chi connectivity index (χ0v) is 23.4. The molecule has 2 aliphatic rings. The number of allylic oxidation sites excluding steroid dienone is 1. The van der Waals surface area contributed by atoms with Crippen LogP contribution in [0.15, 0.2) is 35.9 Å². The number of methoxy groups -OCH3 is 2. The maximum Gasteiger partial charge on any atom is 0.416 e. The average Bonchev–Trinajstić information content (AvgIpc) is 3.15. The van der Waals surface area contributed by atoms with Crippen LogP contribution in [-0.4, -0.2) is 43.8 Å². The third-order valence-electron chi connectivity index (χ3n) is 7.70. The summed E-state index contributed by atoms with van der Waals surface area (Å²) in [5.41, 5.74) is 1.77. The lowest BCUT2D eigenvalue weighted by Crippen LogP contribution is -2.35. The minimum atomic E-state index is -4.53. The molecule has 1 heterocycles. The van der Waals surface area contributed by atoms with Crippen molar-refractivity contribution in [1.29, 1.82) is 0 Å². The molecule has 1 amide bonds. The van der Waals surface area contributed by atoms with Crippen molar-refractivity contribution >= 4 is 17.6 Å². The van der Waals surface area contributed by atoms with Crippen LogP contribution in [-0.2, 0) is 15.7 Å². The van der Waals surface area contributed by atoms with Crippen LogP contribution >= 0.6 is 0 Å². The molecule has 0 radical (unpaired) electrons. The monoisotopic (exact) mass is 563 g/mol. The number of amides is 1. The quantitative estimate of drug-likeness (QED) is 0.269. The van der Waals surface area contributed by atoms with Gasteiger partial charge in [0.15, 0.2) is 0 Å². The molecule has 2 aromatic carbocycles. The second-order valence-electron chi connectivity index (χ2n) is 11.3. The van der Waals surface area contributed by atoms with E-state index in [1.165, 1.54) is 25.2 Å². The molecule has 1 saturated heterocycles. The van der Waals surface area contributed by atoms with E-state index in [-0.39, 0.29) is 28.8 Å². The number of carbonyl (C=O) groups excluding carboxylic acids is 2. The molecule has 2 atom stereocenters. The summed E-state index contributed by atoms with van der Waals surface area (Å²) < 4.78 is 70.9. The smallest absolute Gasteiger partial charge is 0.416 e. The number of nitrogens with zero attached hydrogens (tertiary/aromatic N) is 1. The van der Waals surface area contributed by atoms with E-state index >= 15 is 0 Å². The Morgan fingerprint density at radius 1 is 1.15 bits per heavy atom. The van der Waals surface area contributed by atoms with Gasteiger partial charge in [0.05, 0.1) is 31.4 Å². The Balaban J connectivity index is 1.75. The molecule has 40 heavy (non-hydrogen) atoms. The molecule has 0 N–H and O–H groups in total. The molecule has 0 unspecified atom stereocenters. The summed E-state index contributed by atoms with van der Waals surface area (Å²) in [6, 6.07) is 5.67. The molecule has 0 bridgehead atoms. The van der Waals surface area contributed by atoms with E-state index in [2.05, 4.69) is 13.8 Å². The topological polar surface area (TPSA) is 65.1 Å². The van der Waals surface area contributed by atoms with Crippen LogP contribution in [0.5, 0.6) is 5.75 Å². The van der Waals surface area contributed by atoms with Crippen molar-refractivity contribution in [2.45, 2.75) is 65.3 Å². The summed E-state index contributed by atoms with van der Waals surface area (Å²) in [7, 11) is 2.58. The highest BCUT2D eigenvalue weighted by atomic mass is 19.4. The van der Waals surface area contributed by atoms with Crippen molar-refractivity contribution in [2.24, 2.45) is 5.41 Å². The van der Waals surface area contributed by atoms with E-state index in [0.717, 1.165) is 35.8 Å². The number of benzene rings is 2. The first-order chi connectivity index (χ1) is 18.6. The van der Waals surface area contributed by atoms with Gasteiger partial charge in [-0.15, -0.1) is 0 Å². The molecule has 216 valence electrons. The second-order valence-corrected chi connectivity index (χ2v) is 11.3. The van der Waals surface area contributed by atoms with Crippen LogP contribution in [0.1, 0.15) is 78.7 Å². The molecule has 0 spiro atoms. The summed E-state index contributed by atoms with van der Waals surface area (Å²) in [6.45, 7) is 7.67. The Kier molecular flexibility index (Phi) is 7.93. The average molecular weight is 564 g/mol. The number of esters is 1. The third-order valence-corrected chi connectivity index (χ3v) is 7.70. The van der Waals surface area contributed by atoms with Gasteiger partial charge in [-0.1, -0.05) is 25.5 Å². The fraction of sp³-hybridized carbons (Fsp3) is 0.467. The molecule has 1 aliphatic heterocycles. The Hall–Kier alpha value is -3.56. The Labute approximate surface area is 230 Å². The van der Waals surface area contributed by atoms with Gasteiger partial charge in [-0.25, -0.2) is 14.0 Å². The van der Waals surface area contributed by atoms with Gasteiger partial charge in [0.2, 0.25) is 0 Å². The van der Waals surface area contributed by atoms with Gasteiger partial charge < -0.3 is 14.2 Å². The molecule has 0 saturated carbocycles. The van der Waals surface area contributed by atoms with Crippen molar-refractivity contribution in [3.8, 4) is 5.75 Å². The van der Waals surface area contributed by atoms with E-state index < -0.39 is 41.8 Å². The Morgan fingerprint density at radius 3 is 2.48 bits per heavy atom. The molecule has 10 heteroatoms. The Bertz CT molecular complexity index is 1360. The van der Waals surface area contributed by atoms with Crippen LogP contribution in [0.3, 0.4) is 0 Å². The highest BCUT2D eigenvalue weighted by Gasteiger charge is 2.42. The lowest BCUT2D eigenvalue weighted by molar-refractivity contribution is -0.137. The fourth-order valence-electron chi connectivity index (χ4n) is 5.62. The fourth-order valence-corrected chi connectivity index (χ4v) is 5.62. The summed E-state index contributed by atoms with van der Waals surface area (Å²) >= 11 is 0. The zero-order chi connectivity index (χ0) is 29.6. The minimum absolute atomic E-state index is 0.109.